The molecule has 5 nitrogen and oxygen atoms in total. The first-order valence-electron chi connectivity index (χ1n) is 10.1. The number of nitrogens with one attached hydrogen (secondary N) is 1. The number of carbonyl (C=O) groups is 1. The Morgan fingerprint density at radius 2 is 1.73 bits per heavy atom. The number of aryl methyl sites for hydroxylation is 2. The average molecular weight is 420 g/mol. The number of hydrogen-bond donors (Lipinski definition) is 2. The van der Waals surface area contributed by atoms with Crippen molar-refractivity contribution in [2.75, 3.05) is 12.3 Å². The maximum Gasteiger partial charge on any atom is 0.282 e. The van der Waals surface area contributed by atoms with Crippen LogP contribution in [0.15, 0.2) is 48.5 Å². The fourth-order valence-electron chi connectivity index (χ4n) is 4.09. The highest BCUT2D eigenvalue weighted by atomic mass is 32.1. The first-order chi connectivity index (χ1) is 14.5. The minimum Gasteiger partial charge on any atom is -0.352 e. The number of hydrogen-bond acceptors (Lipinski definition) is 2. The van der Waals surface area contributed by atoms with Crippen LogP contribution in [0.1, 0.15) is 17.1 Å². The van der Waals surface area contributed by atoms with E-state index in [0.29, 0.717) is 12.3 Å². The van der Waals surface area contributed by atoms with Gasteiger partial charge in [-0.3, -0.25) is 4.79 Å². The van der Waals surface area contributed by atoms with Gasteiger partial charge in [0.1, 0.15) is 0 Å². The van der Waals surface area contributed by atoms with Crippen LogP contribution in [0.4, 0.5) is 0 Å². The molecule has 0 fully saturated rings. The van der Waals surface area contributed by atoms with Crippen LogP contribution in [0.3, 0.4) is 0 Å². The molecule has 154 valence electrons. The second kappa shape index (κ2) is 8.40. The predicted molar refractivity (Wildman–Crippen MR) is 127 cm³/mol. The third-order valence-corrected chi connectivity index (χ3v) is 5.96. The monoisotopic (exact) mass is 419 g/mol. The Bertz CT molecular complexity index is 1270. The highest BCUT2D eigenvalue weighted by Crippen LogP contribution is 2.26. The number of benzene rings is 2. The van der Waals surface area contributed by atoms with Crippen LogP contribution >= 0.6 is 12.6 Å². The number of nitrogens with zero attached hydrogens (tertiary/aromatic N) is 3. The van der Waals surface area contributed by atoms with Gasteiger partial charge in [0, 0.05) is 47.6 Å². The van der Waals surface area contributed by atoms with E-state index in [1.54, 1.807) is 0 Å². The first-order valence-corrected chi connectivity index (χ1v) is 10.7. The third-order valence-electron chi connectivity index (χ3n) is 5.74. The Balaban J connectivity index is 1.81. The quantitative estimate of drug-likeness (QED) is 0.365. The number of carbonyl (C=O) groups excluding carboxylic acids is 1. The van der Waals surface area contributed by atoms with Crippen LogP contribution in [-0.4, -0.2) is 27.3 Å². The smallest absolute Gasteiger partial charge is 0.282 e. The molecule has 0 aliphatic heterocycles. The molecule has 0 spiro atoms. The van der Waals surface area contributed by atoms with Crippen molar-refractivity contribution in [3.05, 3.63) is 65.6 Å². The van der Waals surface area contributed by atoms with Gasteiger partial charge in [-0.2, -0.15) is 12.6 Å². The summed E-state index contributed by atoms with van der Waals surface area (Å²) in [6, 6.07) is 16.6. The number of para-hydroxylation sites is 3. The molecular formula is C24H27N4OS+. The van der Waals surface area contributed by atoms with Crippen LogP contribution in [0.2, 0.25) is 0 Å². The minimum absolute atomic E-state index is 0.0126. The van der Waals surface area contributed by atoms with Crippen LogP contribution in [0, 0.1) is 6.92 Å². The summed E-state index contributed by atoms with van der Waals surface area (Å²) in [5.74, 6) is 1.59. The number of imidazole rings is 1. The van der Waals surface area contributed by atoms with E-state index in [2.05, 4.69) is 94.2 Å². The van der Waals surface area contributed by atoms with Crippen molar-refractivity contribution in [3.63, 3.8) is 0 Å². The highest BCUT2D eigenvalue weighted by molar-refractivity contribution is 7.80. The fraction of sp³-hybridized carbons (Fsp3) is 0.250. The molecule has 30 heavy (non-hydrogen) atoms. The normalized spacial score (nSPS) is 11.7. The molecule has 0 saturated carbocycles. The molecule has 0 unspecified atom stereocenters. The molecule has 4 aromatic rings. The standard InChI is InChI=1S/C24H26N4OS/c1-17-18(19-8-4-5-9-20(19)26(17)2)12-13-24-27(3)21-10-6-7-11-22(21)28(24)16-23(29)25-14-15-30/h4-13H,14-16H2,1-3H3,(H-,25,29,30)/p+1. The van der Waals surface area contributed by atoms with Gasteiger partial charge in [0.15, 0.2) is 17.6 Å². The zero-order chi connectivity index (χ0) is 21.3. The lowest BCUT2D eigenvalue weighted by Crippen LogP contribution is -2.45. The van der Waals surface area contributed by atoms with E-state index in [9.17, 15) is 4.79 Å². The summed E-state index contributed by atoms with van der Waals surface area (Å²) in [5, 5.41) is 4.15. The van der Waals surface area contributed by atoms with E-state index in [1.165, 1.54) is 22.2 Å². The number of thiol groups is 1. The molecule has 4 rings (SSSR count). The average Bonchev–Trinajstić information content (AvgIpc) is 3.17. The number of rotatable bonds is 6. The second-order valence-corrected chi connectivity index (χ2v) is 7.92. The van der Waals surface area contributed by atoms with Gasteiger partial charge in [-0.05, 0) is 31.2 Å². The number of fused-ring (bicyclic) bond motifs is 2. The van der Waals surface area contributed by atoms with Crippen molar-refractivity contribution < 1.29 is 9.36 Å². The Morgan fingerprint density at radius 3 is 2.50 bits per heavy atom. The zero-order valence-electron chi connectivity index (χ0n) is 17.6. The Morgan fingerprint density at radius 1 is 1.03 bits per heavy atom. The maximum absolute atomic E-state index is 12.5. The van der Waals surface area contributed by atoms with Gasteiger partial charge in [-0.25, -0.2) is 9.13 Å². The van der Waals surface area contributed by atoms with Crippen molar-refractivity contribution in [1.82, 2.24) is 14.5 Å². The van der Waals surface area contributed by atoms with E-state index < -0.39 is 0 Å². The highest BCUT2D eigenvalue weighted by Gasteiger charge is 2.22. The molecule has 6 heteroatoms. The van der Waals surface area contributed by atoms with Crippen LogP contribution in [0.5, 0.6) is 0 Å². The van der Waals surface area contributed by atoms with Gasteiger partial charge in [-0.1, -0.05) is 30.3 Å². The van der Waals surface area contributed by atoms with Crippen molar-refractivity contribution in [3.8, 4) is 0 Å². The van der Waals surface area contributed by atoms with Crippen molar-refractivity contribution in [2.24, 2.45) is 14.1 Å². The van der Waals surface area contributed by atoms with Gasteiger partial charge >= 0.3 is 0 Å². The molecule has 2 heterocycles. The molecule has 0 radical (unpaired) electrons. The summed E-state index contributed by atoms with van der Waals surface area (Å²) in [4.78, 5) is 12.5. The van der Waals surface area contributed by atoms with Gasteiger partial charge in [0.25, 0.3) is 11.7 Å². The summed E-state index contributed by atoms with van der Waals surface area (Å²) >= 11 is 4.18. The van der Waals surface area contributed by atoms with Gasteiger partial charge in [0.05, 0.1) is 7.05 Å². The number of amides is 1. The molecule has 0 aliphatic rings. The lowest BCUT2D eigenvalue weighted by molar-refractivity contribution is -0.661. The number of aromatic nitrogens is 3. The van der Waals surface area contributed by atoms with Crippen LogP contribution in [-0.2, 0) is 25.4 Å². The summed E-state index contributed by atoms with van der Waals surface area (Å²) < 4.78 is 6.42. The van der Waals surface area contributed by atoms with Crippen molar-refractivity contribution >= 4 is 52.6 Å². The lowest BCUT2D eigenvalue weighted by Gasteiger charge is -2.03. The topological polar surface area (TPSA) is 42.8 Å². The van der Waals surface area contributed by atoms with Crippen molar-refractivity contribution in [1.29, 1.82) is 0 Å². The van der Waals surface area contributed by atoms with E-state index >= 15 is 0 Å². The van der Waals surface area contributed by atoms with E-state index in [0.717, 1.165) is 16.9 Å². The van der Waals surface area contributed by atoms with E-state index in [-0.39, 0.29) is 12.5 Å². The van der Waals surface area contributed by atoms with Gasteiger partial charge in [0.2, 0.25) is 0 Å². The zero-order valence-corrected chi connectivity index (χ0v) is 18.5. The SMILES string of the molecule is Cc1c(/C=C/c2n(C)c3ccccc3[n+]2CC(=O)NCCS)c2ccccc2n1C. The molecule has 0 saturated heterocycles. The van der Waals surface area contributed by atoms with Crippen LogP contribution in [0.25, 0.3) is 34.1 Å². The molecule has 1 N–H and O–H groups in total. The molecule has 2 aromatic heterocycles. The lowest BCUT2D eigenvalue weighted by atomic mass is 10.1. The molecule has 1 amide bonds. The summed E-state index contributed by atoms with van der Waals surface area (Å²) in [6.45, 7) is 2.97. The summed E-state index contributed by atoms with van der Waals surface area (Å²) in [7, 11) is 4.14. The van der Waals surface area contributed by atoms with Crippen LogP contribution < -0.4 is 9.88 Å². The third kappa shape index (κ3) is 3.52. The molecule has 0 aliphatic carbocycles. The van der Waals surface area contributed by atoms with Crippen molar-refractivity contribution in [2.45, 2.75) is 13.5 Å². The van der Waals surface area contributed by atoms with E-state index in [4.69, 9.17) is 0 Å². The molecule has 0 atom stereocenters. The maximum atomic E-state index is 12.5. The Labute approximate surface area is 182 Å². The molecule has 2 aromatic carbocycles. The predicted octanol–water partition coefficient (Wildman–Crippen LogP) is 3.48. The molecule has 0 bridgehead atoms. The Kier molecular flexibility index (Phi) is 5.68. The van der Waals surface area contributed by atoms with Gasteiger partial charge in [-0.15, -0.1) is 0 Å². The second-order valence-electron chi connectivity index (χ2n) is 7.47. The summed E-state index contributed by atoms with van der Waals surface area (Å²) in [5.41, 5.74) is 5.75. The van der Waals surface area contributed by atoms with E-state index in [1.807, 2.05) is 19.2 Å². The van der Waals surface area contributed by atoms with Gasteiger partial charge < -0.3 is 9.88 Å². The molecular weight excluding hydrogens is 392 g/mol. The Hall–Kier alpha value is -2.99. The minimum atomic E-state index is -0.0126. The fourth-order valence-corrected chi connectivity index (χ4v) is 4.20. The summed E-state index contributed by atoms with van der Waals surface area (Å²) in [6.07, 6.45) is 4.27. The first kappa shape index (κ1) is 20.3. The largest absolute Gasteiger partial charge is 0.352 e.